The minimum atomic E-state index is -0.249. The molecule has 3 aromatic heterocycles. The SMILES string of the molecule is Cc1sc2nc(CS[C@H](C)C(=O)N(C)Cc3ccc([C@H]4C[C@H]4C)o3)[nH]c(=O)c2c1C. The van der Waals surface area contributed by atoms with Crippen LogP contribution in [0.25, 0.3) is 10.2 Å². The number of hydrogen-bond donors (Lipinski definition) is 1. The number of furan rings is 1. The summed E-state index contributed by atoms with van der Waals surface area (Å²) in [7, 11) is 1.80. The summed E-state index contributed by atoms with van der Waals surface area (Å²) in [6, 6.07) is 4.00. The Morgan fingerprint density at radius 2 is 2.17 bits per heavy atom. The van der Waals surface area contributed by atoms with Gasteiger partial charge >= 0.3 is 0 Å². The fraction of sp³-hybridized carbons (Fsp3) is 0.500. The fourth-order valence-electron chi connectivity index (χ4n) is 3.66. The van der Waals surface area contributed by atoms with Gasteiger partial charge in [-0.15, -0.1) is 23.1 Å². The number of nitrogens with zero attached hydrogens (tertiary/aromatic N) is 2. The summed E-state index contributed by atoms with van der Waals surface area (Å²) in [4.78, 5) is 36.2. The molecule has 1 aliphatic rings. The topological polar surface area (TPSA) is 79.2 Å². The molecule has 0 bridgehead atoms. The fourth-order valence-corrected chi connectivity index (χ4v) is 5.58. The van der Waals surface area contributed by atoms with E-state index < -0.39 is 0 Å². The Morgan fingerprint density at radius 1 is 1.43 bits per heavy atom. The molecule has 0 aliphatic heterocycles. The number of fused-ring (bicyclic) bond motifs is 1. The van der Waals surface area contributed by atoms with Gasteiger partial charge in [0.25, 0.3) is 5.56 Å². The predicted octanol–water partition coefficient (Wildman–Crippen LogP) is 4.60. The number of carbonyl (C=O) groups excluding carboxylic acids is 1. The molecule has 30 heavy (non-hydrogen) atoms. The summed E-state index contributed by atoms with van der Waals surface area (Å²) in [5.74, 6) is 4.20. The number of thioether (sulfide) groups is 1. The van der Waals surface area contributed by atoms with Crippen molar-refractivity contribution in [2.45, 2.75) is 57.6 Å². The van der Waals surface area contributed by atoms with Gasteiger partial charge < -0.3 is 14.3 Å². The molecule has 1 N–H and O–H groups in total. The lowest BCUT2D eigenvalue weighted by atomic mass is 10.2. The van der Waals surface area contributed by atoms with Crippen molar-refractivity contribution < 1.29 is 9.21 Å². The van der Waals surface area contributed by atoms with Crippen molar-refractivity contribution in [1.82, 2.24) is 14.9 Å². The molecule has 160 valence electrons. The number of thiophene rings is 1. The molecule has 1 saturated carbocycles. The van der Waals surface area contributed by atoms with Gasteiger partial charge in [-0.2, -0.15) is 0 Å². The standard InChI is InChI=1S/C22H27N3O3S2/c1-11-8-16(11)17-7-6-15(28-17)9-25(5)22(27)14(4)29-10-18-23-20(26)19-12(2)13(3)30-21(19)24-18/h6-7,11,14,16H,8-10H2,1-5H3,(H,23,24,26)/t11-,14-,16+/m1/s1. The highest BCUT2D eigenvalue weighted by Crippen LogP contribution is 2.47. The number of carbonyl (C=O) groups is 1. The average Bonchev–Trinajstić information content (AvgIpc) is 3.12. The number of H-pyrrole nitrogens is 1. The summed E-state index contributed by atoms with van der Waals surface area (Å²) in [5, 5.41) is 0.425. The molecular weight excluding hydrogens is 418 g/mol. The Bertz CT molecular complexity index is 1150. The Morgan fingerprint density at radius 3 is 2.87 bits per heavy atom. The second kappa shape index (κ2) is 8.23. The van der Waals surface area contributed by atoms with E-state index in [1.807, 2.05) is 32.9 Å². The number of aromatic nitrogens is 2. The molecular formula is C22H27N3O3S2. The molecule has 1 amide bonds. The first-order valence-corrected chi connectivity index (χ1v) is 12.0. The summed E-state index contributed by atoms with van der Waals surface area (Å²) in [6.45, 7) is 8.52. The number of aromatic amines is 1. The van der Waals surface area contributed by atoms with Gasteiger partial charge in [-0.05, 0) is 50.8 Å². The van der Waals surface area contributed by atoms with E-state index in [2.05, 4.69) is 16.9 Å². The molecule has 1 fully saturated rings. The summed E-state index contributed by atoms with van der Waals surface area (Å²) in [5.41, 5.74) is 0.887. The Balaban J connectivity index is 1.35. The van der Waals surface area contributed by atoms with E-state index in [1.54, 1.807) is 11.9 Å². The van der Waals surface area contributed by atoms with Crippen LogP contribution in [0.5, 0.6) is 0 Å². The third kappa shape index (κ3) is 4.21. The van der Waals surface area contributed by atoms with Gasteiger partial charge in [0.2, 0.25) is 5.91 Å². The van der Waals surface area contributed by atoms with Crippen LogP contribution in [0.4, 0.5) is 0 Å². The summed E-state index contributed by atoms with van der Waals surface area (Å²) in [6.07, 6.45) is 1.18. The molecule has 3 heterocycles. The third-order valence-electron chi connectivity index (χ3n) is 5.83. The summed E-state index contributed by atoms with van der Waals surface area (Å²) < 4.78 is 5.92. The molecule has 0 saturated heterocycles. The van der Waals surface area contributed by atoms with E-state index in [1.165, 1.54) is 29.5 Å². The maximum Gasteiger partial charge on any atom is 0.259 e. The van der Waals surface area contributed by atoms with Gasteiger partial charge in [0.1, 0.15) is 22.2 Å². The first-order chi connectivity index (χ1) is 14.2. The highest BCUT2D eigenvalue weighted by molar-refractivity contribution is 7.99. The van der Waals surface area contributed by atoms with Crippen molar-refractivity contribution in [3.63, 3.8) is 0 Å². The van der Waals surface area contributed by atoms with Crippen LogP contribution < -0.4 is 5.56 Å². The van der Waals surface area contributed by atoms with E-state index in [9.17, 15) is 9.59 Å². The van der Waals surface area contributed by atoms with Crippen LogP contribution in [0.3, 0.4) is 0 Å². The second-order valence-corrected chi connectivity index (χ2v) is 10.8. The molecule has 0 radical (unpaired) electrons. The highest BCUT2D eigenvalue weighted by atomic mass is 32.2. The van der Waals surface area contributed by atoms with Gasteiger partial charge in [-0.1, -0.05) is 6.92 Å². The van der Waals surface area contributed by atoms with Crippen LogP contribution in [-0.2, 0) is 17.1 Å². The average molecular weight is 446 g/mol. The lowest BCUT2D eigenvalue weighted by Gasteiger charge is -2.20. The lowest BCUT2D eigenvalue weighted by Crippen LogP contribution is -2.32. The van der Waals surface area contributed by atoms with Crippen LogP contribution in [0.15, 0.2) is 21.3 Å². The van der Waals surface area contributed by atoms with Crippen LogP contribution >= 0.6 is 23.1 Å². The summed E-state index contributed by atoms with van der Waals surface area (Å²) >= 11 is 3.01. The van der Waals surface area contributed by atoms with Crippen molar-refractivity contribution in [3.8, 4) is 0 Å². The van der Waals surface area contributed by atoms with Gasteiger partial charge in [0.05, 0.1) is 22.9 Å². The minimum absolute atomic E-state index is 0.0315. The van der Waals surface area contributed by atoms with Crippen molar-refractivity contribution in [2.75, 3.05) is 7.05 Å². The maximum atomic E-state index is 12.8. The Labute approximate surface area is 184 Å². The molecule has 1 aliphatic carbocycles. The van der Waals surface area contributed by atoms with E-state index in [-0.39, 0.29) is 16.7 Å². The monoisotopic (exact) mass is 445 g/mol. The lowest BCUT2D eigenvalue weighted by molar-refractivity contribution is -0.129. The number of rotatable bonds is 7. The smallest absolute Gasteiger partial charge is 0.259 e. The van der Waals surface area contributed by atoms with Crippen LogP contribution in [-0.4, -0.2) is 33.1 Å². The van der Waals surface area contributed by atoms with Crippen molar-refractivity contribution in [3.05, 3.63) is 50.3 Å². The zero-order chi connectivity index (χ0) is 21.6. The van der Waals surface area contributed by atoms with Gasteiger partial charge in [-0.25, -0.2) is 4.98 Å². The predicted molar refractivity (Wildman–Crippen MR) is 122 cm³/mol. The molecule has 0 spiro atoms. The molecule has 0 aromatic carbocycles. The Kier molecular flexibility index (Phi) is 5.81. The molecule has 3 aromatic rings. The molecule has 8 heteroatoms. The number of nitrogens with one attached hydrogen (secondary N) is 1. The quantitative estimate of drug-likeness (QED) is 0.575. The maximum absolute atomic E-state index is 12.8. The van der Waals surface area contributed by atoms with Crippen molar-refractivity contribution in [1.29, 1.82) is 0 Å². The van der Waals surface area contributed by atoms with E-state index in [0.717, 1.165) is 26.8 Å². The molecule has 4 rings (SSSR count). The van der Waals surface area contributed by atoms with Crippen LogP contribution in [0, 0.1) is 19.8 Å². The van der Waals surface area contributed by atoms with E-state index in [0.29, 0.717) is 35.3 Å². The normalized spacial score (nSPS) is 19.2. The van der Waals surface area contributed by atoms with Crippen molar-refractivity contribution >= 4 is 39.2 Å². The number of hydrogen-bond acceptors (Lipinski definition) is 6. The first kappa shape index (κ1) is 21.2. The van der Waals surface area contributed by atoms with Gasteiger partial charge in [-0.3, -0.25) is 9.59 Å². The molecule has 3 atom stereocenters. The van der Waals surface area contributed by atoms with Gasteiger partial charge in [0, 0.05) is 17.8 Å². The highest BCUT2D eigenvalue weighted by Gasteiger charge is 2.36. The zero-order valence-corrected chi connectivity index (χ0v) is 19.6. The molecule has 0 unspecified atom stereocenters. The largest absolute Gasteiger partial charge is 0.464 e. The zero-order valence-electron chi connectivity index (χ0n) is 17.9. The van der Waals surface area contributed by atoms with Gasteiger partial charge in [0.15, 0.2) is 0 Å². The van der Waals surface area contributed by atoms with E-state index in [4.69, 9.17) is 4.42 Å². The van der Waals surface area contributed by atoms with E-state index >= 15 is 0 Å². The Hall–Kier alpha value is -2.06. The minimum Gasteiger partial charge on any atom is -0.464 e. The van der Waals surface area contributed by atoms with Crippen LogP contribution in [0.2, 0.25) is 0 Å². The van der Waals surface area contributed by atoms with Crippen LogP contribution in [0.1, 0.15) is 54.0 Å². The second-order valence-electron chi connectivity index (χ2n) is 8.25. The number of aryl methyl sites for hydroxylation is 2. The first-order valence-electron chi connectivity index (χ1n) is 10.2. The number of amides is 1. The third-order valence-corrected chi connectivity index (χ3v) is 8.08. The van der Waals surface area contributed by atoms with Crippen molar-refractivity contribution in [2.24, 2.45) is 5.92 Å². The molecule has 6 nitrogen and oxygen atoms in total.